The van der Waals surface area contributed by atoms with Gasteiger partial charge in [-0.1, -0.05) is 165 Å². The lowest BCUT2D eigenvalue weighted by atomic mass is 9.92. The van der Waals surface area contributed by atoms with E-state index in [1.807, 2.05) is 19.1 Å². The van der Waals surface area contributed by atoms with Gasteiger partial charge < -0.3 is 27.1 Å². The molecule has 0 fully saturated rings. The van der Waals surface area contributed by atoms with Crippen LogP contribution in [0.3, 0.4) is 0 Å². The molecule has 7 aromatic carbocycles. The smallest absolute Gasteiger partial charge is 0.413 e. The zero-order chi connectivity index (χ0) is 47.8. The molecule has 0 bridgehead atoms. The third-order valence-electron chi connectivity index (χ3n) is 11.9. The van der Waals surface area contributed by atoms with Crippen molar-refractivity contribution in [2.24, 2.45) is 0 Å². The van der Waals surface area contributed by atoms with E-state index in [0.717, 1.165) is 107 Å². The van der Waals surface area contributed by atoms with Crippen LogP contribution in [-0.2, 0) is 4.52 Å². The summed E-state index contributed by atoms with van der Waals surface area (Å²) in [5, 5.41) is 4.05. The number of rotatable bonds is 19. The van der Waals surface area contributed by atoms with Crippen molar-refractivity contribution in [1.82, 2.24) is 0 Å². The lowest BCUT2D eigenvalue weighted by molar-refractivity contribution is 0.328. The molecule has 67 heavy (non-hydrogen) atoms. The Morgan fingerprint density at radius 3 is 1.27 bits per heavy atom. The van der Waals surface area contributed by atoms with Crippen molar-refractivity contribution in [3.8, 4) is 39.9 Å². The van der Waals surface area contributed by atoms with Crippen LogP contribution in [0.1, 0.15) is 126 Å². The standard InChI is InChI=1S/C59H66O6P2/c1-13-15-20-45(14-2)44(12)60-66(63-55-35-41(9)25-30-48(55)38(3)4)61-53-33-28-46-21-16-18-23-51(46)58(53)59-52-24-19-17-22-47(52)29-34-54(59)62-67(64-56-36-42(10)26-31-49(56)39(5)6)65-57-37-43(11)27-32-50(57)40(7)8/h15-40H,13-14H2,1-12H3/b20-15-,45-44+. The van der Waals surface area contributed by atoms with E-state index in [1.54, 1.807) is 0 Å². The summed E-state index contributed by atoms with van der Waals surface area (Å²) in [7, 11) is -4.16. The van der Waals surface area contributed by atoms with E-state index in [2.05, 4.69) is 204 Å². The first-order chi connectivity index (χ1) is 32.2. The van der Waals surface area contributed by atoms with Crippen molar-refractivity contribution in [2.45, 2.75) is 114 Å². The van der Waals surface area contributed by atoms with Gasteiger partial charge in [0, 0.05) is 11.1 Å². The highest BCUT2D eigenvalue weighted by Crippen LogP contribution is 2.55. The van der Waals surface area contributed by atoms with Gasteiger partial charge in [-0.05, 0) is 149 Å². The van der Waals surface area contributed by atoms with Gasteiger partial charge in [0.25, 0.3) is 0 Å². The molecule has 6 nitrogen and oxygen atoms in total. The molecular weight excluding hydrogens is 867 g/mol. The summed E-state index contributed by atoms with van der Waals surface area (Å²) < 4.78 is 42.3. The van der Waals surface area contributed by atoms with Crippen LogP contribution in [0.5, 0.6) is 28.7 Å². The maximum absolute atomic E-state index is 7.27. The number of benzene rings is 7. The van der Waals surface area contributed by atoms with Gasteiger partial charge in [0.2, 0.25) is 0 Å². The number of allylic oxidation sites excluding steroid dienone is 4. The van der Waals surface area contributed by atoms with Gasteiger partial charge in [0.05, 0.1) is 0 Å². The van der Waals surface area contributed by atoms with Crippen molar-refractivity contribution in [3.05, 3.63) is 184 Å². The summed E-state index contributed by atoms with van der Waals surface area (Å²) in [5.74, 6) is 4.75. The van der Waals surface area contributed by atoms with Crippen molar-refractivity contribution >= 4 is 38.7 Å². The maximum atomic E-state index is 7.27. The summed E-state index contributed by atoms with van der Waals surface area (Å²) in [5.41, 5.74) is 9.24. The van der Waals surface area contributed by atoms with Crippen LogP contribution in [0.25, 0.3) is 32.7 Å². The number of hydrogen-bond donors (Lipinski definition) is 0. The van der Waals surface area contributed by atoms with Crippen molar-refractivity contribution in [1.29, 1.82) is 0 Å². The Hall–Kier alpha value is -5.80. The summed E-state index contributed by atoms with van der Waals surface area (Å²) >= 11 is 0. The first-order valence-electron chi connectivity index (χ1n) is 23.6. The molecule has 0 saturated heterocycles. The average molecular weight is 933 g/mol. The molecule has 0 heterocycles. The molecular formula is C59H66O6P2. The van der Waals surface area contributed by atoms with Crippen molar-refractivity contribution < 1.29 is 27.1 Å². The Morgan fingerprint density at radius 1 is 0.478 bits per heavy atom. The molecule has 7 rings (SSSR count). The molecule has 348 valence electrons. The predicted molar refractivity (Wildman–Crippen MR) is 283 cm³/mol. The molecule has 0 aliphatic carbocycles. The first-order valence-corrected chi connectivity index (χ1v) is 25.8. The second-order valence-electron chi connectivity index (χ2n) is 18.1. The van der Waals surface area contributed by atoms with E-state index in [0.29, 0.717) is 11.5 Å². The van der Waals surface area contributed by atoms with E-state index < -0.39 is 17.2 Å². The maximum Gasteiger partial charge on any atom is 0.530 e. The molecule has 0 radical (unpaired) electrons. The average Bonchev–Trinajstić information content (AvgIpc) is 3.29. The molecule has 0 N–H and O–H groups in total. The van der Waals surface area contributed by atoms with Crippen LogP contribution in [-0.4, -0.2) is 0 Å². The van der Waals surface area contributed by atoms with E-state index in [-0.39, 0.29) is 17.8 Å². The van der Waals surface area contributed by atoms with Gasteiger partial charge in [-0.15, -0.1) is 0 Å². The Morgan fingerprint density at radius 2 is 0.866 bits per heavy atom. The Kier molecular flexibility index (Phi) is 16.4. The molecule has 7 aromatic rings. The fourth-order valence-corrected chi connectivity index (χ4v) is 10.3. The van der Waals surface area contributed by atoms with Crippen molar-refractivity contribution in [3.63, 3.8) is 0 Å². The fraction of sp³-hybridized carbons (Fsp3) is 0.288. The fourth-order valence-electron chi connectivity index (χ4n) is 8.19. The van der Waals surface area contributed by atoms with E-state index in [9.17, 15) is 0 Å². The minimum atomic E-state index is -2.10. The van der Waals surface area contributed by atoms with Gasteiger partial charge in [-0.25, -0.2) is 0 Å². The summed E-state index contributed by atoms with van der Waals surface area (Å²) in [6.45, 7) is 25.6. The molecule has 1 unspecified atom stereocenters. The van der Waals surface area contributed by atoms with Gasteiger partial charge >= 0.3 is 17.2 Å². The second-order valence-corrected chi connectivity index (χ2v) is 20.1. The van der Waals surface area contributed by atoms with Crippen LogP contribution in [0.2, 0.25) is 0 Å². The monoisotopic (exact) mass is 932 g/mol. The van der Waals surface area contributed by atoms with Crippen LogP contribution >= 0.6 is 17.2 Å². The normalized spacial score (nSPS) is 12.7. The Labute approximate surface area is 402 Å². The number of hydrogen-bond acceptors (Lipinski definition) is 6. The lowest BCUT2D eigenvalue weighted by Gasteiger charge is -2.26. The zero-order valence-corrected chi connectivity index (χ0v) is 43.1. The molecule has 0 aromatic heterocycles. The van der Waals surface area contributed by atoms with Gasteiger partial charge in [0.15, 0.2) is 0 Å². The van der Waals surface area contributed by atoms with Gasteiger partial charge in [-0.3, -0.25) is 0 Å². The highest BCUT2D eigenvalue weighted by Gasteiger charge is 2.30. The largest absolute Gasteiger partial charge is 0.530 e. The summed E-state index contributed by atoms with van der Waals surface area (Å²) in [6, 6.07) is 44.1. The first kappa shape index (κ1) is 49.1. The SMILES string of the molecule is CC/C=C\C(CC)=C(/C)OP(Oc1cc(C)ccc1C(C)C)Oc1ccc2ccccc2c1-c1c(OP(Oc2cc(C)ccc2C(C)C)Oc2cc(C)ccc2C(C)C)ccc2ccccc12. The van der Waals surface area contributed by atoms with Crippen LogP contribution in [0.15, 0.2) is 151 Å². The highest BCUT2D eigenvalue weighted by molar-refractivity contribution is 7.43. The highest BCUT2D eigenvalue weighted by atomic mass is 31.2. The molecule has 0 aliphatic rings. The van der Waals surface area contributed by atoms with E-state index >= 15 is 0 Å². The van der Waals surface area contributed by atoms with Crippen LogP contribution < -0.4 is 22.6 Å². The van der Waals surface area contributed by atoms with E-state index in [4.69, 9.17) is 27.1 Å². The molecule has 0 saturated carbocycles. The van der Waals surface area contributed by atoms with Gasteiger partial charge in [-0.2, -0.15) is 0 Å². The molecule has 1 atom stereocenters. The van der Waals surface area contributed by atoms with Gasteiger partial charge in [0.1, 0.15) is 34.5 Å². The minimum Gasteiger partial charge on any atom is -0.413 e. The number of aryl methyl sites for hydroxylation is 3. The topological polar surface area (TPSA) is 55.4 Å². The summed E-state index contributed by atoms with van der Waals surface area (Å²) in [4.78, 5) is 0. The molecule has 0 amide bonds. The Balaban J connectivity index is 1.44. The molecule has 8 heteroatoms. The Bertz CT molecular complexity index is 2840. The van der Waals surface area contributed by atoms with Crippen LogP contribution in [0, 0.1) is 20.8 Å². The number of fused-ring (bicyclic) bond motifs is 2. The quantitative estimate of drug-likeness (QED) is 0.0457. The lowest BCUT2D eigenvalue weighted by Crippen LogP contribution is -2.07. The third-order valence-corrected chi connectivity index (χ3v) is 14.0. The minimum absolute atomic E-state index is 0.203. The zero-order valence-electron chi connectivity index (χ0n) is 41.3. The summed E-state index contributed by atoms with van der Waals surface area (Å²) in [6.07, 6.45) is 6.01. The molecule has 0 aliphatic heterocycles. The van der Waals surface area contributed by atoms with E-state index in [1.165, 1.54) is 0 Å². The van der Waals surface area contributed by atoms with Crippen LogP contribution in [0.4, 0.5) is 0 Å². The second kappa shape index (κ2) is 22.3. The van der Waals surface area contributed by atoms with Crippen molar-refractivity contribution in [2.75, 3.05) is 0 Å². The predicted octanol–water partition coefficient (Wildman–Crippen LogP) is 19.1. The third kappa shape index (κ3) is 11.8. The molecule has 0 spiro atoms.